The second kappa shape index (κ2) is 8.75. The third-order valence-corrected chi connectivity index (χ3v) is 5.68. The Kier molecular flexibility index (Phi) is 6.36. The zero-order valence-corrected chi connectivity index (χ0v) is 17.3. The molecule has 3 rings (SSSR count). The molecule has 2 heterocycles. The smallest absolute Gasteiger partial charge is 0.266 e. The topological polar surface area (TPSA) is 46.8 Å². The maximum atomic E-state index is 13.1. The molecule has 1 aliphatic rings. The molecule has 1 saturated heterocycles. The van der Waals surface area contributed by atoms with E-state index in [1.165, 1.54) is 23.9 Å². The van der Waals surface area contributed by atoms with Crippen molar-refractivity contribution in [2.45, 2.75) is 27.3 Å². The summed E-state index contributed by atoms with van der Waals surface area (Å²) >= 11 is 1.35. The van der Waals surface area contributed by atoms with Crippen LogP contribution < -0.4 is 0 Å². The average Bonchev–Trinajstić information content (AvgIpc) is 3.11. The third-order valence-electron chi connectivity index (χ3n) is 4.67. The van der Waals surface area contributed by atoms with Crippen LogP contribution >= 0.6 is 11.8 Å². The normalized spacial score (nSPS) is 17.3. The fraction of sp³-hybridized carbons (Fsp3) is 0.333. The van der Waals surface area contributed by atoms with Crippen LogP contribution in [0.5, 0.6) is 0 Å². The van der Waals surface area contributed by atoms with Gasteiger partial charge in [-0.1, -0.05) is 0 Å². The lowest BCUT2D eigenvalue weighted by atomic mass is 10.2. The van der Waals surface area contributed by atoms with Crippen LogP contribution in [0.1, 0.15) is 23.9 Å². The third kappa shape index (κ3) is 4.20. The number of benzene rings is 1. The highest BCUT2D eigenvalue weighted by Gasteiger charge is 2.32. The van der Waals surface area contributed by atoms with Crippen molar-refractivity contribution in [2.24, 2.45) is 4.99 Å². The van der Waals surface area contributed by atoms with Crippen molar-refractivity contribution < 1.29 is 13.9 Å². The number of aromatic nitrogens is 1. The molecule has 1 aliphatic heterocycles. The van der Waals surface area contributed by atoms with E-state index < -0.39 is 0 Å². The molecule has 0 saturated carbocycles. The van der Waals surface area contributed by atoms with Gasteiger partial charge in [-0.3, -0.25) is 9.69 Å². The summed E-state index contributed by atoms with van der Waals surface area (Å²) in [5.41, 5.74) is 3.87. The monoisotopic (exact) mass is 401 g/mol. The van der Waals surface area contributed by atoms with E-state index in [1.807, 2.05) is 26.8 Å². The summed E-state index contributed by atoms with van der Waals surface area (Å²) in [6.45, 7) is 7.95. The number of thioether (sulfide) groups is 1. The van der Waals surface area contributed by atoms with Crippen LogP contribution in [0.25, 0.3) is 6.08 Å². The second-order valence-corrected chi connectivity index (χ2v) is 7.51. The summed E-state index contributed by atoms with van der Waals surface area (Å²) in [6.07, 6.45) is 1.93. The van der Waals surface area contributed by atoms with Gasteiger partial charge in [-0.25, -0.2) is 9.38 Å². The first-order valence-electron chi connectivity index (χ1n) is 9.16. The Morgan fingerprint density at radius 3 is 2.61 bits per heavy atom. The highest BCUT2D eigenvalue weighted by Crippen LogP contribution is 2.34. The minimum Gasteiger partial charge on any atom is -0.383 e. The Labute approximate surface area is 168 Å². The van der Waals surface area contributed by atoms with E-state index >= 15 is 0 Å². The molecule has 0 aliphatic carbocycles. The van der Waals surface area contributed by atoms with E-state index in [0.29, 0.717) is 28.9 Å². The molecule has 1 aromatic carbocycles. The first kappa shape index (κ1) is 20.4. The van der Waals surface area contributed by atoms with Gasteiger partial charge in [0.1, 0.15) is 5.82 Å². The maximum absolute atomic E-state index is 13.1. The molecular weight excluding hydrogens is 377 g/mol. The van der Waals surface area contributed by atoms with Gasteiger partial charge in [0.25, 0.3) is 5.91 Å². The quantitative estimate of drug-likeness (QED) is 0.669. The molecule has 0 unspecified atom stereocenters. The highest BCUT2D eigenvalue weighted by atomic mass is 32.2. The van der Waals surface area contributed by atoms with Crippen molar-refractivity contribution in [1.29, 1.82) is 0 Å². The number of amidine groups is 1. The predicted octanol–water partition coefficient (Wildman–Crippen LogP) is 4.51. The number of aliphatic imine (C=N–C) groups is 1. The summed E-state index contributed by atoms with van der Waals surface area (Å²) in [6, 6.07) is 8.02. The number of nitrogens with zero attached hydrogens (tertiary/aromatic N) is 3. The number of likely N-dealkylation sites (N-methyl/N-ethyl adjacent to an activating group) is 1. The van der Waals surface area contributed by atoms with Crippen molar-refractivity contribution in [3.63, 3.8) is 0 Å². The average molecular weight is 402 g/mol. The van der Waals surface area contributed by atoms with Crippen LogP contribution in [0.4, 0.5) is 10.1 Å². The van der Waals surface area contributed by atoms with Crippen LogP contribution in [-0.2, 0) is 16.1 Å². The van der Waals surface area contributed by atoms with E-state index in [1.54, 1.807) is 24.1 Å². The molecule has 2 aromatic rings. The Balaban J connectivity index is 1.91. The van der Waals surface area contributed by atoms with Crippen LogP contribution in [0.15, 0.2) is 40.2 Å². The number of hydrogen-bond donors (Lipinski definition) is 0. The van der Waals surface area contributed by atoms with Crippen LogP contribution in [0, 0.1) is 19.7 Å². The summed E-state index contributed by atoms with van der Waals surface area (Å²) in [7, 11) is 1.69. The lowest BCUT2D eigenvalue weighted by Crippen LogP contribution is -2.28. The summed E-state index contributed by atoms with van der Waals surface area (Å²) in [4.78, 5) is 19.7. The molecule has 1 fully saturated rings. The van der Waals surface area contributed by atoms with Gasteiger partial charge in [-0.05, 0) is 74.5 Å². The van der Waals surface area contributed by atoms with E-state index in [9.17, 15) is 9.18 Å². The van der Waals surface area contributed by atoms with Crippen molar-refractivity contribution in [3.8, 4) is 0 Å². The lowest BCUT2D eigenvalue weighted by Gasteiger charge is -2.11. The molecule has 1 amide bonds. The highest BCUT2D eigenvalue weighted by molar-refractivity contribution is 8.18. The fourth-order valence-electron chi connectivity index (χ4n) is 3.14. The number of ether oxygens (including phenoxy) is 1. The number of aryl methyl sites for hydroxylation is 1. The zero-order valence-electron chi connectivity index (χ0n) is 16.5. The summed E-state index contributed by atoms with van der Waals surface area (Å²) in [5.74, 6) is -0.370. The van der Waals surface area contributed by atoms with Gasteiger partial charge in [0.15, 0.2) is 5.17 Å². The van der Waals surface area contributed by atoms with E-state index in [4.69, 9.17) is 4.74 Å². The largest absolute Gasteiger partial charge is 0.383 e. The number of rotatable bonds is 6. The van der Waals surface area contributed by atoms with Crippen LogP contribution in [-0.4, -0.2) is 40.8 Å². The summed E-state index contributed by atoms with van der Waals surface area (Å²) < 4.78 is 20.5. The molecule has 5 nitrogen and oxygen atoms in total. The minimum absolute atomic E-state index is 0.0601. The number of halogens is 1. The van der Waals surface area contributed by atoms with Crippen molar-refractivity contribution >= 4 is 34.6 Å². The first-order valence-corrected chi connectivity index (χ1v) is 9.97. The SMILES string of the molecule is CCN1C(=O)/C(=C\c2cc(C)n(CCOC)c2C)SC1=Nc1ccc(F)cc1. The van der Waals surface area contributed by atoms with Crippen LogP contribution in [0.2, 0.25) is 0 Å². The number of methoxy groups -OCH3 is 1. The van der Waals surface area contributed by atoms with E-state index in [-0.39, 0.29) is 11.7 Å². The molecule has 7 heteroatoms. The molecule has 1 aromatic heterocycles. The molecule has 0 radical (unpaired) electrons. The van der Waals surface area contributed by atoms with Gasteiger partial charge in [0.2, 0.25) is 0 Å². The molecule has 0 spiro atoms. The lowest BCUT2D eigenvalue weighted by molar-refractivity contribution is -0.122. The van der Waals surface area contributed by atoms with Gasteiger partial charge in [0, 0.05) is 31.6 Å². The second-order valence-electron chi connectivity index (χ2n) is 6.50. The van der Waals surface area contributed by atoms with E-state index in [0.717, 1.165) is 23.5 Å². The van der Waals surface area contributed by atoms with Crippen molar-refractivity contribution in [3.05, 3.63) is 58.0 Å². The molecule has 0 N–H and O–H groups in total. The molecule has 28 heavy (non-hydrogen) atoms. The van der Waals surface area contributed by atoms with Gasteiger partial charge in [-0.15, -0.1) is 0 Å². The molecule has 0 atom stereocenters. The van der Waals surface area contributed by atoms with Crippen LogP contribution in [0.3, 0.4) is 0 Å². The van der Waals surface area contributed by atoms with Gasteiger partial charge >= 0.3 is 0 Å². The Morgan fingerprint density at radius 2 is 1.96 bits per heavy atom. The Morgan fingerprint density at radius 1 is 1.25 bits per heavy atom. The number of carbonyl (C=O) groups excluding carboxylic acids is 1. The van der Waals surface area contributed by atoms with Gasteiger partial charge in [-0.2, -0.15) is 0 Å². The number of hydrogen-bond acceptors (Lipinski definition) is 4. The van der Waals surface area contributed by atoms with Crippen molar-refractivity contribution in [2.75, 3.05) is 20.3 Å². The molecule has 0 bridgehead atoms. The fourth-order valence-corrected chi connectivity index (χ4v) is 4.19. The van der Waals surface area contributed by atoms with Gasteiger partial charge < -0.3 is 9.30 Å². The molecular formula is C21H24FN3O2S. The Bertz CT molecular complexity index is 932. The number of carbonyl (C=O) groups is 1. The first-order chi connectivity index (χ1) is 13.4. The zero-order chi connectivity index (χ0) is 20.3. The van der Waals surface area contributed by atoms with E-state index in [2.05, 4.69) is 15.6 Å². The predicted molar refractivity (Wildman–Crippen MR) is 112 cm³/mol. The Hall–Kier alpha value is -2.38. The summed E-state index contributed by atoms with van der Waals surface area (Å²) in [5, 5.41) is 0.610. The van der Waals surface area contributed by atoms with Gasteiger partial charge in [0.05, 0.1) is 17.2 Å². The maximum Gasteiger partial charge on any atom is 0.266 e. The standard InChI is InChI=1S/C21H24FN3O2S/c1-5-24-20(26)19(28-21(24)23-18-8-6-17(22)7-9-18)13-16-12-14(2)25(15(16)3)10-11-27-4/h6-9,12-13H,5,10-11H2,1-4H3/b19-13+,23-21?. The number of amides is 1. The molecule has 148 valence electrons. The van der Waals surface area contributed by atoms with Crippen molar-refractivity contribution in [1.82, 2.24) is 9.47 Å². The minimum atomic E-state index is -0.309.